The molecule has 6 heteroatoms. The van der Waals surface area contributed by atoms with Gasteiger partial charge in [0.25, 0.3) is 0 Å². The van der Waals surface area contributed by atoms with E-state index in [0.717, 1.165) is 29.0 Å². The Balaban J connectivity index is 1.97. The summed E-state index contributed by atoms with van der Waals surface area (Å²) in [5, 5.41) is 15.5. The molecule has 0 spiro atoms. The summed E-state index contributed by atoms with van der Waals surface area (Å²) in [6, 6.07) is 18.5. The second-order valence-corrected chi connectivity index (χ2v) is 9.26. The first-order chi connectivity index (χ1) is 16.3. The third kappa shape index (κ3) is 6.92. The Morgan fingerprint density at radius 1 is 1.03 bits per heavy atom. The Labute approximate surface area is 204 Å². The molecule has 0 radical (unpaired) electrons. The molecule has 2 unspecified atom stereocenters. The van der Waals surface area contributed by atoms with E-state index in [-0.39, 0.29) is 12.1 Å². The molecule has 3 rings (SSSR count). The molecule has 2 aromatic carbocycles. The first kappa shape index (κ1) is 25.9. The van der Waals surface area contributed by atoms with E-state index in [2.05, 4.69) is 37.8 Å². The van der Waals surface area contributed by atoms with E-state index in [1.807, 2.05) is 68.0 Å². The lowest BCUT2D eigenvalue weighted by Crippen LogP contribution is -2.40. The molecule has 0 fully saturated rings. The Morgan fingerprint density at radius 3 is 2.32 bits per heavy atom. The maximum atomic E-state index is 10.7. The maximum Gasteiger partial charge on any atom is 0.222 e. The molecular formula is C28H39N3O3. The molecule has 0 aliphatic rings. The number of aryl methyl sites for hydroxylation is 2. The van der Waals surface area contributed by atoms with Crippen LogP contribution >= 0.6 is 0 Å². The quantitative estimate of drug-likeness (QED) is 0.379. The average molecular weight is 466 g/mol. The lowest BCUT2D eigenvalue weighted by Gasteiger charge is -2.31. The zero-order chi connectivity index (χ0) is 24.7. The molecule has 0 bridgehead atoms. The molecule has 0 aliphatic carbocycles. The van der Waals surface area contributed by atoms with E-state index in [1.54, 1.807) is 0 Å². The molecular weight excluding hydrogens is 426 g/mol. The SMILES string of the molecule is CCC(C)N(Cc1c(-c2ccccc2)nn(C)c1Oc1ccc(C)cc1)CC(O)COC(C)C. The maximum absolute atomic E-state index is 10.7. The van der Waals surface area contributed by atoms with Gasteiger partial charge in [-0.05, 0) is 46.2 Å². The van der Waals surface area contributed by atoms with Crippen LogP contribution in [0.2, 0.25) is 0 Å². The lowest BCUT2D eigenvalue weighted by molar-refractivity contribution is -0.0149. The summed E-state index contributed by atoms with van der Waals surface area (Å²) in [5.41, 5.74) is 4.13. The Kier molecular flexibility index (Phi) is 9.28. The number of aliphatic hydroxyl groups is 1. The summed E-state index contributed by atoms with van der Waals surface area (Å²) in [6.45, 7) is 11.8. The van der Waals surface area contributed by atoms with Gasteiger partial charge in [-0.3, -0.25) is 4.90 Å². The third-order valence-electron chi connectivity index (χ3n) is 6.01. The standard InChI is InChI=1S/C28H39N3O3/c1-7-22(5)31(17-24(32)19-33-20(2)3)18-26-27(23-11-9-8-10-12-23)29-30(6)28(26)34-25-15-13-21(4)14-16-25/h8-16,20,22,24,32H,7,17-19H2,1-6H3. The van der Waals surface area contributed by atoms with Gasteiger partial charge in [0.2, 0.25) is 5.88 Å². The minimum Gasteiger partial charge on any atom is -0.439 e. The van der Waals surface area contributed by atoms with E-state index in [9.17, 15) is 5.11 Å². The summed E-state index contributed by atoms with van der Waals surface area (Å²) in [5.74, 6) is 1.49. The molecule has 1 N–H and O–H groups in total. The van der Waals surface area contributed by atoms with Gasteiger partial charge in [0.15, 0.2) is 0 Å². The van der Waals surface area contributed by atoms with Gasteiger partial charge in [0, 0.05) is 31.7 Å². The zero-order valence-electron chi connectivity index (χ0n) is 21.4. The zero-order valence-corrected chi connectivity index (χ0v) is 21.4. The smallest absolute Gasteiger partial charge is 0.222 e. The molecule has 0 saturated heterocycles. The van der Waals surface area contributed by atoms with Gasteiger partial charge in [0.1, 0.15) is 11.4 Å². The van der Waals surface area contributed by atoms with Gasteiger partial charge in [0.05, 0.1) is 24.4 Å². The van der Waals surface area contributed by atoms with Crippen molar-refractivity contribution in [2.24, 2.45) is 7.05 Å². The molecule has 0 amide bonds. The molecule has 34 heavy (non-hydrogen) atoms. The number of benzene rings is 2. The van der Waals surface area contributed by atoms with Crippen LogP contribution in [-0.2, 0) is 18.3 Å². The van der Waals surface area contributed by atoms with E-state index in [0.29, 0.717) is 25.6 Å². The van der Waals surface area contributed by atoms with Crippen molar-refractivity contribution in [3.05, 3.63) is 65.7 Å². The van der Waals surface area contributed by atoms with Crippen LogP contribution in [0.15, 0.2) is 54.6 Å². The van der Waals surface area contributed by atoms with Gasteiger partial charge >= 0.3 is 0 Å². The topological polar surface area (TPSA) is 59.8 Å². The van der Waals surface area contributed by atoms with Crippen molar-refractivity contribution in [2.75, 3.05) is 13.2 Å². The summed E-state index contributed by atoms with van der Waals surface area (Å²) in [6.07, 6.45) is 0.478. The number of aromatic nitrogens is 2. The van der Waals surface area contributed by atoms with Crippen LogP contribution in [0.5, 0.6) is 11.6 Å². The number of aliphatic hydroxyl groups excluding tert-OH is 1. The Hall–Kier alpha value is -2.67. The van der Waals surface area contributed by atoms with Crippen molar-refractivity contribution in [3.63, 3.8) is 0 Å². The van der Waals surface area contributed by atoms with Gasteiger partial charge in [-0.15, -0.1) is 0 Å². The predicted octanol–water partition coefficient (Wildman–Crippen LogP) is 5.57. The highest BCUT2D eigenvalue weighted by atomic mass is 16.5. The number of nitrogens with zero attached hydrogens (tertiary/aromatic N) is 3. The Bertz CT molecular complexity index is 1020. The fourth-order valence-electron chi connectivity index (χ4n) is 3.86. The van der Waals surface area contributed by atoms with E-state index in [4.69, 9.17) is 14.6 Å². The highest BCUT2D eigenvalue weighted by Gasteiger charge is 2.25. The number of ether oxygens (including phenoxy) is 2. The summed E-state index contributed by atoms with van der Waals surface area (Å²) in [4.78, 5) is 2.29. The van der Waals surface area contributed by atoms with Crippen LogP contribution in [0.4, 0.5) is 0 Å². The fraction of sp³-hybridized carbons (Fsp3) is 0.464. The van der Waals surface area contributed by atoms with Gasteiger partial charge in [-0.2, -0.15) is 5.10 Å². The molecule has 1 heterocycles. The van der Waals surface area contributed by atoms with Gasteiger partial charge in [-0.25, -0.2) is 4.68 Å². The van der Waals surface area contributed by atoms with E-state index < -0.39 is 6.10 Å². The first-order valence-corrected chi connectivity index (χ1v) is 12.2. The largest absolute Gasteiger partial charge is 0.439 e. The van der Waals surface area contributed by atoms with Crippen molar-refractivity contribution < 1.29 is 14.6 Å². The molecule has 2 atom stereocenters. The molecule has 3 aromatic rings. The minimum atomic E-state index is -0.574. The van der Waals surface area contributed by atoms with Crippen LogP contribution in [0.25, 0.3) is 11.3 Å². The number of hydrogen-bond donors (Lipinski definition) is 1. The summed E-state index contributed by atoms with van der Waals surface area (Å²) < 4.78 is 13.9. The second-order valence-electron chi connectivity index (χ2n) is 9.26. The second kappa shape index (κ2) is 12.2. The number of hydrogen-bond acceptors (Lipinski definition) is 5. The van der Waals surface area contributed by atoms with Crippen molar-refractivity contribution in [1.82, 2.24) is 14.7 Å². The molecule has 6 nitrogen and oxygen atoms in total. The van der Waals surface area contributed by atoms with Crippen molar-refractivity contribution in [2.45, 2.75) is 65.8 Å². The van der Waals surface area contributed by atoms with Crippen molar-refractivity contribution in [1.29, 1.82) is 0 Å². The van der Waals surface area contributed by atoms with E-state index >= 15 is 0 Å². The normalized spacial score (nSPS) is 13.4. The predicted molar refractivity (Wildman–Crippen MR) is 137 cm³/mol. The fourth-order valence-corrected chi connectivity index (χ4v) is 3.86. The number of rotatable bonds is 12. The van der Waals surface area contributed by atoms with Crippen molar-refractivity contribution >= 4 is 0 Å². The Morgan fingerprint density at radius 2 is 1.71 bits per heavy atom. The monoisotopic (exact) mass is 465 g/mol. The highest BCUT2D eigenvalue weighted by molar-refractivity contribution is 5.65. The van der Waals surface area contributed by atoms with E-state index in [1.165, 1.54) is 5.56 Å². The van der Waals surface area contributed by atoms with Gasteiger partial charge < -0.3 is 14.6 Å². The molecule has 1 aromatic heterocycles. The summed E-state index contributed by atoms with van der Waals surface area (Å²) >= 11 is 0. The first-order valence-electron chi connectivity index (χ1n) is 12.2. The average Bonchev–Trinajstić information content (AvgIpc) is 3.13. The minimum absolute atomic E-state index is 0.0872. The van der Waals surface area contributed by atoms with Crippen LogP contribution < -0.4 is 4.74 Å². The molecule has 0 aliphatic heterocycles. The van der Waals surface area contributed by atoms with Crippen LogP contribution in [0, 0.1) is 6.92 Å². The van der Waals surface area contributed by atoms with Crippen LogP contribution in [-0.4, -0.2) is 51.2 Å². The molecule has 0 saturated carbocycles. The third-order valence-corrected chi connectivity index (χ3v) is 6.01. The lowest BCUT2D eigenvalue weighted by atomic mass is 10.1. The van der Waals surface area contributed by atoms with Crippen LogP contribution in [0.3, 0.4) is 0 Å². The summed E-state index contributed by atoms with van der Waals surface area (Å²) in [7, 11) is 1.92. The van der Waals surface area contributed by atoms with Crippen molar-refractivity contribution in [3.8, 4) is 22.9 Å². The molecule has 184 valence electrons. The van der Waals surface area contributed by atoms with Crippen LogP contribution in [0.1, 0.15) is 45.2 Å². The van der Waals surface area contributed by atoms with Gasteiger partial charge in [-0.1, -0.05) is 55.0 Å². The highest BCUT2D eigenvalue weighted by Crippen LogP contribution is 2.34.